The first kappa shape index (κ1) is 31.6. The van der Waals surface area contributed by atoms with Crippen molar-refractivity contribution in [3.8, 4) is 0 Å². The molecule has 2 atom stereocenters. The highest BCUT2D eigenvalue weighted by atomic mass is 16.4. The van der Waals surface area contributed by atoms with Crippen molar-refractivity contribution in [2.45, 2.75) is 24.3 Å². The molecule has 0 radical (unpaired) electrons. The molecule has 35 heavy (non-hydrogen) atoms. The van der Waals surface area contributed by atoms with Gasteiger partial charge in [-0.1, -0.05) is 12.2 Å². The molecular weight excluding hydrogens is 470 g/mol. The molecule has 0 spiro atoms. The van der Waals surface area contributed by atoms with Gasteiger partial charge in [-0.3, -0.25) is 38.7 Å². The van der Waals surface area contributed by atoms with E-state index in [0.717, 1.165) is 22.0 Å². The van der Waals surface area contributed by atoms with Crippen LogP contribution < -0.4 is 11.5 Å². The molecule has 0 heterocycles. The second-order valence-electron chi connectivity index (χ2n) is 7.65. The topological polar surface area (TPSA) is 248 Å². The van der Waals surface area contributed by atoms with Crippen LogP contribution in [0.2, 0.25) is 0 Å². The lowest BCUT2D eigenvalue weighted by Crippen LogP contribution is -2.61. The van der Waals surface area contributed by atoms with Crippen LogP contribution in [0.4, 0.5) is 0 Å². The molecule has 2 amide bonds. The first-order valence-electron chi connectivity index (χ1n) is 10.3. The third kappa shape index (κ3) is 9.79. The van der Waals surface area contributed by atoms with Crippen LogP contribution in [0.1, 0.15) is 12.8 Å². The van der Waals surface area contributed by atoms with E-state index in [1.165, 1.54) is 4.90 Å². The number of nitrogens with zero attached hydrogens (tertiary/aromatic N) is 3. The highest BCUT2D eigenvalue weighted by Crippen LogP contribution is 2.19. The second-order valence-corrected chi connectivity index (χ2v) is 7.65. The lowest BCUT2D eigenvalue weighted by atomic mass is 10.1. The minimum atomic E-state index is -2.42. The van der Waals surface area contributed by atoms with Crippen LogP contribution in [0.3, 0.4) is 0 Å². The van der Waals surface area contributed by atoms with Crippen molar-refractivity contribution in [3.05, 3.63) is 25.3 Å². The van der Waals surface area contributed by atoms with Crippen molar-refractivity contribution >= 4 is 29.7 Å². The van der Waals surface area contributed by atoms with E-state index in [4.69, 9.17) is 11.5 Å². The van der Waals surface area contributed by atoms with Crippen LogP contribution in [-0.4, -0.2) is 127 Å². The van der Waals surface area contributed by atoms with Gasteiger partial charge in [0.15, 0.2) is 0 Å². The van der Waals surface area contributed by atoms with E-state index in [-0.39, 0.29) is 26.2 Å². The number of carbonyl (C=O) groups is 5. The number of carbonyl (C=O) groups excluding carboxylic acids is 2. The molecule has 0 aliphatic heterocycles. The number of nitrogens with two attached hydrogens (primary N) is 2. The number of aliphatic carboxylic acids is 3. The predicted octanol–water partition coefficient (Wildman–Crippen LogP) is -3.35. The summed E-state index contributed by atoms with van der Waals surface area (Å²) in [5, 5.41) is 48.9. The summed E-state index contributed by atoms with van der Waals surface area (Å²) in [4.78, 5) is 60.5. The number of carboxylic acid groups (broad SMARTS) is 3. The van der Waals surface area contributed by atoms with E-state index in [0.29, 0.717) is 0 Å². The van der Waals surface area contributed by atoms with Gasteiger partial charge in [0, 0.05) is 39.0 Å². The fourth-order valence-corrected chi connectivity index (χ4v) is 3.28. The van der Waals surface area contributed by atoms with Crippen molar-refractivity contribution in [3.63, 3.8) is 0 Å². The molecular formula is C20H33N5O10. The normalized spacial score (nSPS) is 14.8. The van der Waals surface area contributed by atoms with Gasteiger partial charge in [0.2, 0.25) is 11.4 Å². The summed E-state index contributed by atoms with van der Waals surface area (Å²) < 4.78 is 0. The number of primary amides is 2. The van der Waals surface area contributed by atoms with Gasteiger partial charge in [-0.05, 0) is 0 Å². The van der Waals surface area contributed by atoms with Gasteiger partial charge >= 0.3 is 17.9 Å². The van der Waals surface area contributed by atoms with E-state index in [1.54, 1.807) is 0 Å². The maximum absolute atomic E-state index is 11.9. The van der Waals surface area contributed by atoms with Gasteiger partial charge in [0.25, 0.3) is 11.8 Å². The van der Waals surface area contributed by atoms with Gasteiger partial charge in [0.1, 0.15) is 0 Å². The van der Waals surface area contributed by atoms with Gasteiger partial charge in [-0.2, -0.15) is 0 Å². The zero-order valence-electron chi connectivity index (χ0n) is 19.2. The zero-order chi connectivity index (χ0) is 27.4. The Morgan fingerprint density at radius 1 is 0.657 bits per heavy atom. The molecule has 0 aromatic rings. The van der Waals surface area contributed by atoms with E-state index < -0.39 is 73.6 Å². The number of hydrogen-bond acceptors (Lipinski definition) is 10. The van der Waals surface area contributed by atoms with E-state index in [9.17, 15) is 49.5 Å². The van der Waals surface area contributed by atoms with Crippen LogP contribution in [0.25, 0.3) is 0 Å². The maximum Gasteiger partial charge on any atom is 0.317 e. The number of hydrogen-bond donors (Lipinski definition) is 7. The third-order valence-electron chi connectivity index (χ3n) is 5.08. The average Bonchev–Trinajstić information content (AvgIpc) is 2.72. The number of aliphatic hydroxyl groups is 2. The van der Waals surface area contributed by atoms with Crippen LogP contribution in [0.5, 0.6) is 0 Å². The minimum Gasteiger partial charge on any atom is -0.480 e. The lowest BCUT2D eigenvalue weighted by molar-refractivity contribution is -0.167. The molecule has 15 heteroatoms. The highest BCUT2D eigenvalue weighted by molar-refractivity contribution is 5.84. The molecule has 0 aromatic heterocycles. The summed E-state index contributed by atoms with van der Waals surface area (Å²) in [6.07, 6.45) is 1.49. The Morgan fingerprint density at radius 3 is 1.20 bits per heavy atom. The van der Waals surface area contributed by atoms with Crippen LogP contribution in [-0.2, 0) is 24.0 Å². The Bertz CT molecular complexity index is 764. The highest BCUT2D eigenvalue weighted by Gasteiger charge is 2.42. The molecule has 0 saturated carbocycles. The molecule has 198 valence electrons. The Hall–Kier alpha value is -3.37. The molecule has 0 aliphatic rings. The van der Waals surface area contributed by atoms with Crippen molar-refractivity contribution in [1.29, 1.82) is 0 Å². The first-order chi connectivity index (χ1) is 16.1. The van der Waals surface area contributed by atoms with Gasteiger partial charge in [-0.25, -0.2) is 0 Å². The van der Waals surface area contributed by atoms with Crippen molar-refractivity contribution < 1.29 is 49.5 Å². The Morgan fingerprint density at radius 2 is 0.971 bits per heavy atom. The number of rotatable bonds is 20. The van der Waals surface area contributed by atoms with Gasteiger partial charge in [-0.15, -0.1) is 13.2 Å². The monoisotopic (exact) mass is 503 g/mol. The molecule has 15 nitrogen and oxygen atoms in total. The zero-order valence-corrected chi connectivity index (χ0v) is 19.2. The summed E-state index contributed by atoms with van der Waals surface area (Å²) in [6, 6.07) is 0. The quantitative estimate of drug-likeness (QED) is 0.0634. The smallest absolute Gasteiger partial charge is 0.317 e. The molecule has 0 bridgehead atoms. The SMILES string of the molecule is C=CCC(O)(C(N)=O)N(CCN(CCN(CC(=O)O)C(O)(CC=C)C(N)=O)CC(=O)O)CC(=O)O. The predicted molar refractivity (Wildman–Crippen MR) is 120 cm³/mol. The molecule has 0 fully saturated rings. The van der Waals surface area contributed by atoms with Gasteiger partial charge in [0.05, 0.1) is 19.6 Å². The van der Waals surface area contributed by atoms with Gasteiger partial charge < -0.3 is 37.0 Å². The second kappa shape index (κ2) is 14.1. The van der Waals surface area contributed by atoms with Crippen LogP contribution >= 0.6 is 0 Å². The third-order valence-corrected chi connectivity index (χ3v) is 5.08. The summed E-state index contributed by atoms with van der Waals surface area (Å²) >= 11 is 0. The Labute approximate surface area is 201 Å². The first-order valence-corrected chi connectivity index (χ1v) is 10.3. The van der Waals surface area contributed by atoms with E-state index in [2.05, 4.69) is 13.2 Å². The summed E-state index contributed by atoms with van der Waals surface area (Å²) in [5.74, 6) is -6.59. The summed E-state index contributed by atoms with van der Waals surface area (Å²) in [7, 11) is 0. The molecule has 0 aliphatic carbocycles. The summed E-state index contributed by atoms with van der Waals surface area (Å²) in [5.41, 5.74) is 5.67. The fraction of sp³-hybridized carbons (Fsp3) is 0.550. The van der Waals surface area contributed by atoms with E-state index in [1.807, 2.05) is 0 Å². The largest absolute Gasteiger partial charge is 0.480 e. The molecule has 9 N–H and O–H groups in total. The lowest BCUT2D eigenvalue weighted by Gasteiger charge is -2.38. The number of amides is 2. The number of carboxylic acids is 3. The standard InChI is InChI=1S/C20H33N5O10/c1-3-5-19(34,17(21)32)24(12-15(28)29)9-7-23(11-14(26)27)8-10-25(13-16(30)31)20(35,6-4-2)18(22)33/h3-4,34-35H,1-2,5-13H2,(H2,21,32)(H2,22,33)(H,26,27)(H,28,29)(H,30,31). The van der Waals surface area contributed by atoms with Crippen molar-refractivity contribution in [1.82, 2.24) is 14.7 Å². The fourth-order valence-electron chi connectivity index (χ4n) is 3.28. The van der Waals surface area contributed by atoms with Crippen LogP contribution in [0.15, 0.2) is 25.3 Å². The Balaban J connectivity index is 5.83. The molecule has 0 saturated heterocycles. The van der Waals surface area contributed by atoms with Crippen molar-refractivity contribution in [2.24, 2.45) is 11.5 Å². The molecule has 0 aromatic carbocycles. The van der Waals surface area contributed by atoms with Crippen LogP contribution in [0, 0.1) is 0 Å². The molecule has 2 unspecified atom stereocenters. The summed E-state index contributed by atoms with van der Waals surface area (Å²) in [6.45, 7) is 3.38. The Kier molecular flexibility index (Phi) is 12.8. The molecule has 0 rings (SSSR count). The maximum atomic E-state index is 11.9. The average molecular weight is 504 g/mol. The minimum absolute atomic E-state index is 0.232. The van der Waals surface area contributed by atoms with Crippen molar-refractivity contribution in [2.75, 3.05) is 45.8 Å². The van der Waals surface area contributed by atoms with E-state index >= 15 is 0 Å².